The number of rotatable bonds is 8. The van der Waals surface area contributed by atoms with Crippen LogP contribution in [0.1, 0.15) is 91.0 Å². The summed E-state index contributed by atoms with van der Waals surface area (Å²) in [5.41, 5.74) is 0.288. The number of carbonyl (C=O) groups is 5. The first kappa shape index (κ1) is 47.4. The molecule has 2 heterocycles. The van der Waals surface area contributed by atoms with Crippen molar-refractivity contribution in [2.24, 2.45) is 16.7 Å². The molecule has 19 heteroatoms. The summed E-state index contributed by atoms with van der Waals surface area (Å²) in [4.78, 5) is 60.9. The topological polar surface area (TPSA) is 177 Å². The van der Waals surface area contributed by atoms with E-state index < -0.39 is 41.8 Å². The Kier molecular flexibility index (Phi) is 15.9. The lowest BCUT2D eigenvalue weighted by molar-refractivity contribution is -0.193. The summed E-state index contributed by atoms with van der Waals surface area (Å²) in [5.74, 6) is -5.76. The van der Waals surface area contributed by atoms with Crippen LogP contribution in [0, 0.1) is 22.6 Å². The number of aliphatic carboxylic acids is 2. The Labute approximate surface area is 327 Å². The van der Waals surface area contributed by atoms with Crippen LogP contribution in [0.2, 0.25) is 0 Å². The first-order valence-corrected chi connectivity index (χ1v) is 19.0. The Hall–Kier alpha value is -4.00. The van der Waals surface area contributed by atoms with Crippen LogP contribution in [-0.2, 0) is 30.4 Å². The number of likely N-dealkylation sites (tertiary alicyclic amines) is 1. The van der Waals surface area contributed by atoms with Crippen molar-refractivity contribution in [1.29, 1.82) is 0 Å². The maximum Gasteiger partial charge on any atom is 0.490 e. The van der Waals surface area contributed by atoms with Gasteiger partial charge in [-0.2, -0.15) is 26.3 Å². The second-order valence-electron chi connectivity index (χ2n) is 16.6. The number of hydrogen-bond donors (Lipinski definition) is 6. The summed E-state index contributed by atoms with van der Waals surface area (Å²) < 4.78 is 77.1. The fourth-order valence-electron chi connectivity index (χ4n) is 7.50. The molecule has 0 spiro atoms. The molecule has 3 amide bonds. The largest absolute Gasteiger partial charge is 0.490 e. The van der Waals surface area contributed by atoms with Crippen molar-refractivity contribution >= 4 is 29.7 Å². The van der Waals surface area contributed by atoms with Gasteiger partial charge in [0, 0.05) is 44.2 Å². The zero-order chi connectivity index (χ0) is 43.0. The zero-order valence-electron chi connectivity index (χ0n) is 32.5. The van der Waals surface area contributed by atoms with E-state index in [0.29, 0.717) is 49.9 Å². The third-order valence-corrected chi connectivity index (χ3v) is 11.1. The number of alkyl halides is 6. The average molecular weight is 826 g/mol. The third-order valence-electron chi connectivity index (χ3n) is 11.1. The molecule has 2 saturated heterocycles. The second kappa shape index (κ2) is 19.2. The SMILES string of the molecule is CC(C)(C)NC(=O)C1(C2CCCCC2)CCN(C(=O)[C@@H](Cc2ccc(F)cc2)NC(=O)[C@@H]2CN[C@H](C3(C)CC3)CN2)CC1.O=C(O)C(F)(F)F.O=C(O)C(F)(F)F. The van der Waals surface area contributed by atoms with E-state index >= 15 is 0 Å². The maximum atomic E-state index is 14.1. The summed E-state index contributed by atoms with van der Waals surface area (Å²) >= 11 is 0. The minimum Gasteiger partial charge on any atom is -0.475 e. The molecule has 5 rings (SSSR count). The molecule has 1 aromatic rings. The number of benzene rings is 1. The highest BCUT2D eigenvalue weighted by molar-refractivity contribution is 5.91. The van der Waals surface area contributed by atoms with E-state index in [0.717, 1.165) is 37.8 Å². The van der Waals surface area contributed by atoms with Crippen LogP contribution in [0.5, 0.6) is 0 Å². The second-order valence-corrected chi connectivity index (χ2v) is 16.6. The van der Waals surface area contributed by atoms with Crippen LogP contribution in [0.25, 0.3) is 0 Å². The minimum absolute atomic E-state index is 0.115. The Morgan fingerprint density at radius 1 is 0.825 bits per heavy atom. The smallest absolute Gasteiger partial charge is 0.475 e. The number of nitrogens with zero attached hydrogens (tertiary/aromatic N) is 1. The number of carbonyl (C=O) groups excluding carboxylic acids is 3. The molecule has 4 fully saturated rings. The predicted molar refractivity (Wildman–Crippen MR) is 193 cm³/mol. The summed E-state index contributed by atoms with van der Waals surface area (Å²) in [6.07, 6.45) is -0.627. The van der Waals surface area contributed by atoms with E-state index in [-0.39, 0.29) is 35.5 Å². The fraction of sp³-hybridized carbons (Fsp3) is 0.711. The Morgan fingerprint density at radius 2 is 1.33 bits per heavy atom. The molecule has 12 nitrogen and oxygen atoms in total. The number of piperazine rings is 1. The van der Waals surface area contributed by atoms with Gasteiger partial charge in [-0.05, 0) is 88.3 Å². The summed E-state index contributed by atoms with van der Waals surface area (Å²) in [6.45, 7) is 10.5. The quantitative estimate of drug-likeness (QED) is 0.198. The van der Waals surface area contributed by atoms with Gasteiger partial charge in [0.2, 0.25) is 17.7 Å². The highest BCUT2D eigenvalue weighted by atomic mass is 19.4. The predicted octanol–water partition coefficient (Wildman–Crippen LogP) is 4.95. The Morgan fingerprint density at radius 3 is 1.75 bits per heavy atom. The fourth-order valence-corrected chi connectivity index (χ4v) is 7.50. The number of nitrogens with one attached hydrogen (secondary N) is 4. The summed E-state index contributed by atoms with van der Waals surface area (Å²) in [7, 11) is 0. The van der Waals surface area contributed by atoms with Crippen molar-refractivity contribution in [1.82, 2.24) is 26.2 Å². The van der Waals surface area contributed by atoms with Gasteiger partial charge in [-0.1, -0.05) is 38.3 Å². The molecule has 4 aliphatic rings. The van der Waals surface area contributed by atoms with Gasteiger partial charge in [0.05, 0.1) is 11.5 Å². The van der Waals surface area contributed by atoms with Crippen molar-refractivity contribution in [3.05, 3.63) is 35.6 Å². The van der Waals surface area contributed by atoms with Crippen molar-refractivity contribution in [2.75, 3.05) is 26.2 Å². The molecule has 0 unspecified atom stereocenters. The number of piperidine rings is 1. The molecule has 0 bridgehead atoms. The molecule has 3 atom stereocenters. The van der Waals surface area contributed by atoms with Gasteiger partial charge in [0.25, 0.3) is 0 Å². The minimum atomic E-state index is -5.08. The van der Waals surface area contributed by atoms with E-state index in [1.807, 2.05) is 25.7 Å². The Bertz CT molecular complexity index is 1520. The summed E-state index contributed by atoms with van der Waals surface area (Å²) in [5, 5.41) is 27.5. The maximum absolute atomic E-state index is 14.1. The van der Waals surface area contributed by atoms with E-state index in [2.05, 4.69) is 28.2 Å². The molecule has 1 aromatic carbocycles. The van der Waals surface area contributed by atoms with Crippen LogP contribution in [0.3, 0.4) is 0 Å². The van der Waals surface area contributed by atoms with Crippen molar-refractivity contribution in [3.63, 3.8) is 0 Å². The standard InChI is InChI=1S/C34H52FN5O3.2C2HF3O2/c1-32(2,3)39-31(43)34(24-8-6-5-7-9-24)16-18-40(19-17-34)30(42)26(20-23-10-12-25(35)13-11-23)38-29(41)27-21-37-28(22-36-27)33(4)14-15-33;2*3-2(4,5)1(6)7/h10-13,24,26-28,36-37H,5-9,14-22H2,1-4H3,(H,38,41)(H,39,43);2*(H,6,7)/t26-,27+,28+;;/m1../s1. The molecule has 57 heavy (non-hydrogen) atoms. The van der Waals surface area contributed by atoms with E-state index in [1.165, 1.54) is 31.4 Å². The number of halogens is 7. The number of carboxylic acids is 2. The first-order chi connectivity index (χ1) is 26.3. The van der Waals surface area contributed by atoms with Gasteiger partial charge in [0.15, 0.2) is 0 Å². The van der Waals surface area contributed by atoms with Gasteiger partial charge >= 0.3 is 24.3 Å². The van der Waals surface area contributed by atoms with Crippen LogP contribution < -0.4 is 21.3 Å². The lowest BCUT2D eigenvalue weighted by Gasteiger charge is -2.48. The van der Waals surface area contributed by atoms with Crippen LogP contribution in [0.15, 0.2) is 24.3 Å². The molecular weight excluding hydrogens is 771 g/mol. The van der Waals surface area contributed by atoms with Crippen LogP contribution >= 0.6 is 0 Å². The lowest BCUT2D eigenvalue weighted by Crippen LogP contribution is -2.64. The van der Waals surface area contributed by atoms with E-state index in [4.69, 9.17) is 19.8 Å². The average Bonchev–Trinajstić information content (AvgIpc) is 3.89. The van der Waals surface area contributed by atoms with E-state index in [1.54, 1.807) is 12.1 Å². The molecule has 6 N–H and O–H groups in total. The molecule has 2 saturated carbocycles. The molecule has 2 aliphatic carbocycles. The van der Waals surface area contributed by atoms with Crippen molar-refractivity contribution in [2.45, 2.75) is 128 Å². The normalized spacial score (nSPS) is 22.6. The number of hydrogen-bond acceptors (Lipinski definition) is 7. The van der Waals surface area contributed by atoms with Gasteiger partial charge in [0.1, 0.15) is 11.9 Å². The van der Waals surface area contributed by atoms with Gasteiger partial charge < -0.3 is 36.4 Å². The number of carboxylic acid groups (broad SMARTS) is 2. The van der Waals surface area contributed by atoms with Gasteiger partial charge in [-0.25, -0.2) is 14.0 Å². The van der Waals surface area contributed by atoms with E-state index in [9.17, 15) is 45.1 Å². The molecular formula is C38H54F7N5O7. The van der Waals surface area contributed by atoms with Crippen LogP contribution in [-0.4, -0.2) is 107 Å². The summed E-state index contributed by atoms with van der Waals surface area (Å²) in [6, 6.07) is 5.26. The highest BCUT2D eigenvalue weighted by Gasteiger charge is 2.50. The molecule has 2 aliphatic heterocycles. The first-order valence-electron chi connectivity index (χ1n) is 19.0. The Balaban J connectivity index is 0.000000531. The number of amides is 3. The van der Waals surface area contributed by atoms with Crippen LogP contribution in [0.4, 0.5) is 30.7 Å². The third kappa shape index (κ3) is 14.1. The lowest BCUT2D eigenvalue weighted by atomic mass is 9.63. The van der Waals surface area contributed by atoms with Crippen molar-refractivity contribution < 1.29 is 64.9 Å². The zero-order valence-corrected chi connectivity index (χ0v) is 32.5. The van der Waals surface area contributed by atoms with Gasteiger partial charge in [-0.15, -0.1) is 0 Å². The van der Waals surface area contributed by atoms with Gasteiger partial charge in [-0.3, -0.25) is 14.4 Å². The molecule has 322 valence electrons. The monoisotopic (exact) mass is 825 g/mol. The molecule has 0 aromatic heterocycles. The molecule has 0 radical (unpaired) electrons. The highest BCUT2D eigenvalue weighted by Crippen LogP contribution is 2.48. The van der Waals surface area contributed by atoms with Crippen molar-refractivity contribution in [3.8, 4) is 0 Å².